The van der Waals surface area contributed by atoms with E-state index in [9.17, 15) is 4.39 Å². The Balaban J connectivity index is 1.28. The van der Waals surface area contributed by atoms with Gasteiger partial charge in [0, 0.05) is 5.92 Å². The largest absolute Gasteiger partial charge is 0.352 e. The summed E-state index contributed by atoms with van der Waals surface area (Å²) in [6.45, 7) is 4.03. The molecule has 0 spiro atoms. The first-order chi connectivity index (χ1) is 12.2. The molecular weight excluding hydrogens is 315 g/mol. The highest BCUT2D eigenvalue weighted by atomic mass is 19.1. The lowest BCUT2D eigenvalue weighted by atomic mass is 9.71. The van der Waals surface area contributed by atoms with E-state index < -0.39 is 0 Å². The highest BCUT2D eigenvalue weighted by Crippen LogP contribution is 2.41. The first-order valence-electron chi connectivity index (χ1n) is 10.8. The zero-order valence-electron chi connectivity index (χ0n) is 16.1. The zero-order chi connectivity index (χ0) is 17.5. The van der Waals surface area contributed by atoms with E-state index in [-0.39, 0.29) is 12.1 Å². The van der Waals surface area contributed by atoms with Gasteiger partial charge in [-0.25, -0.2) is 4.39 Å². The Morgan fingerprint density at radius 3 is 2.32 bits per heavy atom. The number of unbranched alkanes of at least 4 members (excludes halogenated alkanes) is 1. The van der Waals surface area contributed by atoms with Crippen molar-refractivity contribution in [1.82, 2.24) is 0 Å². The van der Waals surface area contributed by atoms with Crippen LogP contribution in [-0.2, 0) is 9.47 Å². The molecule has 1 heterocycles. The van der Waals surface area contributed by atoms with E-state index >= 15 is 0 Å². The summed E-state index contributed by atoms with van der Waals surface area (Å²) in [6, 6.07) is 0. The summed E-state index contributed by atoms with van der Waals surface area (Å²) in [4.78, 5) is 0. The van der Waals surface area contributed by atoms with Crippen LogP contribution in [0.15, 0.2) is 11.9 Å². The highest BCUT2D eigenvalue weighted by Gasteiger charge is 2.29. The molecule has 25 heavy (non-hydrogen) atoms. The van der Waals surface area contributed by atoms with E-state index in [2.05, 4.69) is 6.92 Å². The third kappa shape index (κ3) is 6.06. The van der Waals surface area contributed by atoms with E-state index in [1.807, 2.05) is 6.08 Å². The lowest BCUT2D eigenvalue weighted by Crippen LogP contribution is -2.32. The van der Waals surface area contributed by atoms with Crippen LogP contribution < -0.4 is 0 Å². The van der Waals surface area contributed by atoms with Crippen molar-refractivity contribution in [3.8, 4) is 0 Å². The average molecular weight is 353 g/mol. The van der Waals surface area contributed by atoms with Gasteiger partial charge in [-0.15, -0.1) is 0 Å². The maximum absolute atomic E-state index is 13.2. The van der Waals surface area contributed by atoms with Crippen LogP contribution in [-0.4, -0.2) is 19.5 Å². The molecule has 0 amide bonds. The Kier molecular flexibility index (Phi) is 7.79. The molecule has 1 saturated carbocycles. The fourth-order valence-electron chi connectivity index (χ4n) is 4.98. The maximum atomic E-state index is 13.2. The van der Waals surface area contributed by atoms with E-state index in [0.29, 0.717) is 12.3 Å². The molecule has 0 radical (unpaired) electrons. The van der Waals surface area contributed by atoms with E-state index in [4.69, 9.17) is 9.47 Å². The minimum atomic E-state index is 0.0436. The molecular formula is C22H37FO2. The zero-order valence-corrected chi connectivity index (χ0v) is 16.1. The maximum Gasteiger partial charge on any atom is 0.157 e. The minimum absolute atomic E-state index is 0.0436. The van der Waals surface area contributed by atoms with E-state index in [1.54, 1.807) is 0 Å². The molecule has 1 atom stereocenters. The van der Waals surface area contributed by atoms with Crippen molar-refractivity contribution in [2.75, 3.05) is 13.2 Å². The van der Waals surface area contributed by atoms with Crippen LogP contribution >= 0.6 is 0 Å². The summed E-state index contributed by atoms with van der Waals surface area (Å²) in [5, 5.41) is 0. The standard InChI is InChI=1S/C22H37FO2/c1-2-3-4-18-15-24-22(25-16-18)14-7-17-5-8-19(9-6-17)20-10-12-21(23)13-11-20/h12,17-20,22H,2-11,13-16H2,1H3/t17-,18-,19-,20?,22-. The number of hydrogen-bond donors (Lipinski definition) is 0. The molecule has 1 saturated heterocycles. The summed E-state index contributed by atoms with van der Waals surface area (Å²) in [5.74, 6) is 3.15. The second-order valence-corrected chi connectivity index (χ2v) is 8.65. The van der Waals surface area contributed by atoms with Crippen molar-refractivity contribution >= 4 is 0 Å². The molecule has 2 aliphatic carbocycles. The molecule has 3 heteroatoms. The fraction of sp³-hybridized carbons (Fsp3) is 0.909. The summed E-state index contributed by atoms with van der Waals surface area (Å²) >= 11 is 0. The summed E-state index contributed by atoms with van der Waals surface area (Å²) in [6.07, 6.45) is 16.1. The minimum Gasteiger partial charge on any atom is -0.352 e. The fourth-order valence-corrected chi connectivity index (χ4v) is 4.98. The van der Waals surface area contributed by atoms with Crippen molar-refractivity contribution in [3.63, 3.8) is 0 Å². The van der Waals surface area contributed by atoms with Gasteiger partial charge in [-0.2, -0.15) is 0 Å². The molecule has 3 aliphatic rings. The summed E-state index contributed by atoms with van der Waals surface area (Å²) in [7, 11) is 0. The lowest BCUT2D eigenvalue weighted by Gasteiger charge is -2.35. The predicted molar refractivity (Wildman–Crippen MR) is 99.9 cm³/mol. The monoisotopic (exact) mass is 352 g/mol. The molecule has 0 aromatic rings. The average Bonchev–Trinajstić information content (AvgIpc) is 2.67. The predicted octanol–water partition coefficient (Wildman–Crippen LogP) is 6.41. The van der Waals surface area contributed by atoms with Crippen LogP contribution in [0.25, 0.3) is 0 Å². The number of ether oxygens (including phenoxy) is 2. The van der Waals surface area contributed by atoms with E-state index in [0.717, 1.165) is 50.2 Å². The van der Waals surface area contributed by atoms with Crippen molar-refractivity contribution in [1.29, 1.82) is 0 Å². The van der Waals surface area contributed by atoms with Gasteiger partial charge in [0.1, 0.15) is 0 Å². The van der Waals surface area contributed by atoms with Gasteiger partial charge in [0.25, 0.3) is 0 Å². The van der Waals surface area contributed by atoms with Crippen LogP contribution in [0.2, 0.25) is 0 Å². The molecule has 2 fully saturated rings. The second-order valence-electron chi connectivity index (χ2n) is 8.65. The van der Waals surface area contributed by atoms with Gasteiger partial charge >= 0.3 is 0 Å². The van der Waals surface area contributed by atoms with Gasteiger partial charge in [-0.1, -0.05) is 38.7 Å². The van der Waals surface area contributed by atoms with Crippen LogP contribution in [0.1, 0.15) is 84.0 Å². The Morgan fingerprint density at radius 1 is 0.920 bits per heavy atom. The Labute approximate surface area is 153 Å². The molecule has 0 aromatic carbocycles. The third-order valence-electron chi connectivity index (χ3n) is 6.77. The van der Waals surface area contributed by atoms with Crippen molar-refractivity contribution in [3.05, 3.63) is 11.9 Å². The van der Waals surface area contributed by atoms with Crippen molar-refractivity contribution < 1.29 is 13.9 Å². The SMILES string of the molecule is CCCC[C@H]1CO[C@H](CC[C@H]2CC[C@H](C3CC=C(F)CC3)CC2)OC1. The normalized spacial score (nSPS) is 36.9. The molecule has 1 unspecified atom stereocenters. The van der Waals surface area contributed by atoms with Gasteiger partial charge in [-0.05, 0) is 69.1 Å². The number of halogens is 1. The lowest BCUT2D eigenvalue weighted by molar-refractivity contribution is -0.205. The summed E-state index contributed by atoms with van der Waals surface area (Å²) in [5.41, 5.74) is 0. The molecule has 0 bridgehead atoms. The first kappa shape index (κ1) is 19.4. The molecule has 144 valence electrons. The second kappa shape index (κ2) is 10.1. The highest BCUT2D eigenvalue weighted by molar-refractivity contribution is 4.99. The number of allylic oxidation sites excluding steroid dienone is 2. The Morgan fingerprint density at radius 2 is 1.68 bits per heavy atom. The van der Waals surface area contributed by atoms with Crippen LogP contribution in [0.5, 0.6) is 0 Å². The van der Waals surface area contributed by atoms with Gasteiger partial charge in [0.2, 0.25) is 0 Å². The molecule has 3 rings (SSSR count). The smallest absolute Gasteiger partial charge is 0.157 e. The topological polar surface area (TPSA) is 18.5 Å². The van der Waals surface area contributed by atoms with Gasteiger partial charge in [0.15, 0.2) is 6.29 Å². The third-order valence-corrected chi connectivity index (χ3v) is 6.77. The first-order valence-corrected chi connectivity index (χ1v) is 10.8. The summed E-state index contributed by atoms with van der Waals surface area (Å²) < 4.78 is 25.1. The quantitative estimate of drug-likeness (QED) is 0.527. The van der Waals surface area contributed by atoms with Crippen LogP contribution in [0.4, 0.5) is 4.39 Å². The van der Waals surface area contributed by atoms with Gasteiger partial charge in [0.05, 0.1) is 19.0 Å². The van der Waals surface area contributed by atoms with Gasteiger partial charge < -0.3 is 9.47 Å². The Bertz CT molecular complexity index is 406. The number of hydrogen-bond acceptors (Lipinski definition) is 2. The molecule has 0 aromatic heterocycles. The Hall–Kier alpha value is -0.410. The van der Waals surface area contributed by atoms with Crippen LogP contribution in [0, 0.1) is 23.7 Å². The molecule has 2 nitrogen and oxygen atoms in total. The van der Waals surface area contributed by atoms with Gasteiger partial charge in [-0.3, -0.25) is 0 Å². The number of rotatable bonds is 7. The molecule has 0 N–H and O–H groups in total. The van der Waals surface area contributed by atoms with Crippen LogP contribution in [0.3, 0.4) is 0 Å². The van der Waals surface area contributed by atoms with Crippen molar-refractivity contribution in [2.45, 2.75) is 90.3 Å². The molecule has 1 aliphatic heterocycles. The van der Waals surface area contributed by atoms with E-state index in [1.165, 1.54) is 51.4 Å². The van der Waals surface area contributed by atoms with Crippen molar-refractivity contribution in [2.24, 2.45) is 23.7 Å².